The van der Waals surface area contributed by atoms with Crippen molar-refractivity contribution in [2.24, 2.45) is 0 Å². The Morgan fingerprint density at radius 3 is 2.96 bits per heavy atom. The molecule has 0 bridgehead atoms. The smallest absolute Gasteiger partial charge is 0.261 e. The van der Waals surface area contributed by atoms with Crippen molar-refractivity contribution in [1.82, 2.24) is 9.55 Å². The lowest BCUT2D eigenvalue weighted by Crippen LogP contribution is -2.21. The molecule has 0 saturated heterocycles. The van der Waals surface area contributed by atoms with Gasteiger partial charge >= 0.3 is 0 Å². The fraction of sp³-hybridized carbons (Fsp3) is 0.263. The van der Waals surface area contributed by atoms with E-state index in [4.69, 9.17) is 4.74 Å². The van der Waals surface area contributed by atoms with Gasteiger partial charge in [0.15, 0.2) is 0 Å². The predicted molar refractivity (Wildman–Crippen MR) is 96.3 cm³/mol. The molecule has 0 amide bonds. The zero-order valence-corrected chi connectivity index (χ0v) is 14.0. The normalized spacial score (nSPS) is 13.0. The summed E-state index contributed by atoms with van der Waals surface area (Å²) in [4.78, 5) is 17.2. The van der Waals surface area contributed by atoms with Gasteiger partial charge in [-0.1, -0.05) is 0 Å². The van der Waals surface area contributed by atoms with Crippen molar-refractivity contribution < 1.29 is 9.84 Å². The number of hydrogen-bond donors (Lipinski definition) is 2. The molecular formula is C19H19N3O3. The molecule has 25 heavy (non-hydrogen) atoms. The molecule has 0 unspecified atom stereocenters. The molecule has 0 aliphatic carbocycles. The van der Waals surface area contributed by atoms with Crippen molar-refractivity contribution in [2.45, 2.75) is 25.9 Å². The fourth-order valence-electron chi connectivity index (χ4n) is 3.21. The first kappa shape index (κ1) is 15.5. The van der Waals surface area contributed by atoms with E-state index in [0.717, 1.165) is 42.0 Å². The average Bonchev–Trinajstić information content (AvgIpc) is 3.10. The van der Waals surface area contributed by atoms with Crippen LogP contribution >= 0.6 is 0 Å². The Morgan fingerprint density at radius 2 is 2.16 bits per heavy atom. The van der Waals surface area contributed by atoms with Crippen LogP contribution in [0.4, 0.5) is 5.69 Å². The number of fused-ring (bicyclic) bond motifs is 2. The molecule has 128 valence electrons. The third kappa shape index (κ3) is 2.80. The first-order chi connectivity index (χ1) is 12.2. The number of aryl methyl sites for hydroxylation is 1. The van der Waals surface area contributed by atoms with Crippen LogP contribution < -0.4 is 15.6 Å². The van der Waals surface area contributed by atoms with Crippen LogP contribution in [0.25, 0.3) is 10.9 Å². The molecule has 2 N–H and O–H groups in total. The second-order valence-corrected chi connectivity index (χ2v) is 6.17. The molecule has 4 rings (SSSR count). The number of hydrogen-bond acceptors (Lipinski definition) is 5. The Kier molecular flexibility index (Phi) is 3.80. The summed E-state index contributed by atoms with van der Waals surface area (Å²) in [6.45, 7) is 1.19. The highest BCUT2D eigenvalue weighted by atomic mass is 16.5. The summed E-state index contributed by atoms with van der Waals surface area (Å²) in [5.41, 5.74) is 2.33. The van der Waals surface area contributed by atoms with Crippen LogP contribution in [0.5, 0.6) is 11.5 Å². The number of aromatic hydroxyl groups is 1. The van der Waals surface area contributed by atoms with E-state index in [-0.39, 0.29) is 11.3 Å². The third-order valence-electron chi connectivity index (χ3n) is 4.59. The Bertz CT molecular complexity index is 1010. The number of phenols is 1. The van der Waals surface area contributed by atoms with Crippen LogP contribution in [0, 0.1) is 0 Å². The van der Waals surface area contributed by atoms with Gasteiger partial charge < -0.3 is 15.2 Å². The number of ether oxygens (including phenoxy) is 1. The first-order valence-electron chi connectivity index (χ1n) is 8.29. The van der Waals surface area contributed by atoms with Gasteiger partial charge in [-0.15, -0.1) is 0 Å². The van der Waals surface area contributed by atoms with Crippen molar-refractivity contribution in [3.8, 4) is 11.5 Å². The van der Waals surface area contributed by atoms with Crippen molar-refractivity contribution in [3.05, 3.63) is 58.1 Å². The number of anilines is 1. The van der Waals surface area contributed by atoms with E-state index in [9.17, 15) is 9.90 Å². The van der Waals surface area contributed by atoms with E-state index < -0.39 is 0 Å². The lowest BCUT2D eigenvalue weighted by Gasteiger charge is -2.11. The van der Waals surface area contributed by atoms with Crippen LogP contribution in [0.1, 0.15) is 17.8 Å². The molecular weight excluding hydrogens is 318 g/mol. The second kappa shape index (κ2) is 6.12. The summed E-state index contributed by atoms with van der Waals surface area (Å²) in [6, 6.07) is 10.8. The molecule has 1 aliphatic heterocycles. The molecule has 0 saturated carbocycles. The Hall–Kier alpha value is -3.02. The number of rotatable bonds is 4. The highest BCUT2D eigenvalue weighted by Crippen LogP contribution is 2.25. The minimum absolute atomic E-state index is 0.0217. The van der Waals surface area contributed by atoms with E-state index in [2.05, 4.69) is 10.3 Å². The first-order valence-corrected chi connectivity index (χ1v) is 8.29. The van der Waals surface area contributed by atoms with E-state index in [1.165, 1.54) is 0 Å². The Balaban J connectivity index is 1.61. The monoisotopic (exact) mass is 337 g/mol. The maximum atomic E-state index is 12.6. The minimum atomic E-state index is 0.0217. The van der Waals surface area contributed by atoms with Crippen molar-refractivity contribution in [2.75, 3.05) is 12.4 Å². The van der Waals surface area contributed by atoms with Crippen LogP contribution in [0.15, 0.2) is 41.2 Å². The third-order valence-corrected chi connectivity index (χ3v) is 4.59. The maximum absolute atomic E-state index is 12.6. The fourth-order valence-corrected chi connectivity index (χ4v) is 3.21. The molecule has 6 nitrogen and oxygen atoms in total. The summed E-state index contributed by atoms with van der Waals surface area (Å²) in [7, 11) is 1.56. The molecule has 1 aliphatic rings. The molecule has 3 aromatic rings. The molecule has 2 aromatic carbocycles. The Labute approximate surface area is 144 Å². The van der Waals surface area contributed by atoms with E-state index in [0.29, 0.717) is 17.7 Å². The van der Waals surface area contributed by atoms with Crippen LogP contribution in [0.3, 0.4) is 0 Å². The van der Waals surface area contributed by atoms with Gasteiger partial charge in [0.2, 0.25) is 0 Å². The SMILES string of the molecule is COc1ccc(CNc2ccc3nc4n(c(=O)c3c2)CCC4)c(O)c1. The van der Waals surface area contributed by atoms with Crippen molar-refractivity contribution >= 4 is 16.6 Å². The van der Waals surface area contributed by atoms with Crippen LogP contribution in [-0.4, -0.2) is 21.8 Å². The number of benzene rings is 2. The van der Waals surface area contributed by atoms with Crippen LogP contribution in [-0.2, 0) is 19.5 Å². The molecule has 2 heterocycles. The molecule has 0 fully saturated rings. The van der Waals surface area contributed by atoms with Gasteiger partial charge in [0.05, 0.1) is 18.0 Å². The highest BCUT2D eigenvalue weighted by Gasteiger charge is 2.16. The second-order valence-electron chi connectivity index (χ2n) is 6.17. The number of methoxy groups -OCH3 is 1. The maximum Gasteiger partial charge on any atom is 0.261 e. The number of nitrogens with zero attached hydrogens (tertiary/aromatic N) is 2. The largest absolute Gasteiger partial charge is 0.507 e. The Morgan fingerprint density at radius 1 is 1.28 bits per heavy atom. The lowest BCUT2D eigenvalue weighted by atomic mass is 10.1. The summed E-state index contributed by atoms with van der Waals surface area (Å²) < 4.78 is 6.85. The van der Waals surface area contributed by atoms with E-state index in [1.54, 1.807) is 23.8 Å². The molecule has 1 aromatic heterocycles. The van der Waals surface area contributed by atoms with E-state index >= 15 is 0 Å². The van der Waals surface area contributed by atoms with Gasteiger partial charge in [0.1, 0.15) is 17.3 Å². The highest BCUT2D eigenvalue weighted by molar-refractivity contribution is 5.81. The molecule has 6 heteroatoms. The van der Waals surface area contributed by atoms with Gasteiger partial charge in [0.25, 0.3) is 5.56 Å². The topological polar surface area (TPSA) is 76.4 Å². The number of nitrogens with one attached hydrogen (secondary N) is 1. The zero-order chi connectivity index (χ0) is 17.4. The minimum Gasteiger partial charge on any atom is -0.507 e. The number of aromatic nitrogens is 2. The van der Waals surface area contributed by atoms with Gasteiger partial charge in [-0.3, -0.25) is 9.36 Å². The molecule has 0 atom stereocenters. The lowest BCUT2D eigenvalue weighted by molar-refractivity contribution is 0.406. The van der Waals surface area contributed by atoms with Gasteiger partial charge in [-0.25, -0.2) is 4.98 Å². The summed E-state index contributed by atoms with van der Waals surface area (Å²) in [6.07, 6.45) is 1.84. The molecule has 0 radical (unpaired) electrons. The summed E-state index contributed by atoms with van der Waals surface area (Å²) in [5.74, 6) is 1.66. The van der Waals surface area contributed by atoms with Gasteiger partial charge in [-0.2, -0.15) is 0 Å². The predicted octanol–water partition coefficient (Wildman–Crippen LogP) is 2.67. The van der Waals surface area contributed by atoms with Crippen molar-refractivity contribution in [1.29, 1.82) is 0 Å². The zero-order valence-electron chi connectivity index (χ0n) is 14.0. The standard InChI is InChI=1S/C19H19N3O3/c1-25-14-6-4-12(17(23)10-14)11-20-13-5-7-16-15(9-13)19(24)22-8-2-3-18(22)21-16/h4-7,9-10,20,23H,2-3,8,11H2,1H3. The van der Waals surface area contributed by atoms with Gasteiger partial charge in [-0.05, 0) is 36.8 Å². The number of phenolic OH excluding ortho intramolecular Hbond substituents is 1. The summed E-state index contributed by atoms with van der Waals surface area (Å²) in [5, 5.41) is 13.9. The quantitative estimate of drug-likeness (QED) is 0.765. The van der Waals surface area contributed by atoms with Gasteiger partial charge in [0, 0.05) is 36.8 Å². The average molecular weight is 337 g/mol. The van der Waals surface area contributed by atoms with Crippen LogP contribution in [0.2, 0.25) is 0 Å². The molecule has 0 spiro atoms. The van der Waals surface area contributed by atoms with Crippen molar-refractivity contribution in [3.63, 3.8) is 0 Å². The van der Waals surface area contributed by atoms with E-state index in [1.807, 2.05) is 24.3 Å². The summed E-state index contributed by atoms with van der Waals surface area (Å²) >= 11 is 0.